The molecular formula is C16H18Cl2N2OS. The summed E-state index contributed by atoms with van der Waals surface area (Å²) in [6.45, 7) is 2.89. The number of amides is 1. The molecule has 0 fully saturated rings. The Hall–Kier alpha value is -1.07. The maximum atomic E-state index is 12.2. The topological polar surface area (TPSA) is 32.3 Å². The Morgan fingerprint density at radius 1 is 1.23 bits per heavy atom. The zero-order valence-electron chi connectivity index (χ0n) is 12.5. The Balaban J connectivity index is 1.82. The molecule has 3 nitrogen and oxygen atoms in total. The monoisotopic (exact) mass is 356 g/mol. The zero-order chi connectivity index (χ0) is 16.1. The quantitative estimate of drug-likeness (QED) is 0.833. The standard InChI is InChI=1S/C16H18Cl2N2OS/c1-11(12-3-5-13(17)6-4-12)19-9-16(21)20(2)10-14-7-8-15(18)22-14/h3-8,11,19H,9-10H2,1-2H3. The van der Waals surface area contributed by atoms with Crippen LogP contribution in [0.5, 0.6) is 0 Å². The van der Waals surface area contributed by atoms with E-state index >= 15 is 0 Å². The van der Waals surface area contributed by atoms with Crippen molar-refractivity contribution < 1.29 is 4.79 Å². The molecule has 2 rings (SSSR count). The first-order chi connectivity index (χ1) is 10.5. The lowest BCUT2D eigenvalue weighted by Gasteiger charge is -2.19. The molecule has 0 saturated heterocycles. The predicted octanol–water partition coefficient (Wildman–Crippen LogP) is 4.36. The fourth-order valence-corrected chi connectivity index (χ4v) is 3.27. The maximum absolute atomic E-state index is 12.2. The molecule has 1 aromatic carbocycles. The van der Waals surface area contributed by atoms with Crippen LogP contribution in [-0.4, -0.2) is 24.4 Å². The lowest BCUT2D eigenvalue weighted by molar-refractivity contribution is -0.129. The number of nitrogens with one attached hydrogen (secondary N) is 1. The molecule has 118 valence electrons. The summed E-state index contributed by atoms with van der Waals surface area (Å²) in [7, 11) is 1.80. The number of thiophene rings is 1. The SMILES string of the molecule is CC(NCC(=O)N(C)Cc1ccc(Cl)s1)c1ccc(Cl)cc1. The van der Waals surface area contributed by atoms with Gasteiger partial charge in [0.25, 0.3) is 0 Å². The molecule has 0 aliphatic carbocycles. The highest BCUT2D eigenvalue weighted by Gasteiger charge is 2.12. The minimum absolute atomic E-state index is 0.0466. The largest absolute Gasteiger partial charge is 0.340 e. The number of rotatable bonds is 6. The average molecular weight is 357 g/mol. The second kappa shape index (κ2) is 7.97. The number of hydrogen-bond acceptors (Lipinski definition) is 3. The van der Waals surface area contributed by atoms with Crippen molar-refractivity contribution in [3.05, 3.63) is 56.2 Å². The van der Waals surface area contributed by atoms with Crippen molar-refractivity contribution >= 4 is 40.4 Å². The summed E-state index contributed by atoms with van der Waals surface area (Å²) in [5.41, 5.74) is 1.10. The summed E-state index contributed by atoms with van der Waals surface area (Å²) in [6.07, 6.45) is 0. The molecular weight excluding hydrogens is 339 g/mol. The van der Waals surface area contributed by atoms with Crippen LogP contribution in [0.15, 0.2) is 36.4 Å². The van der Waals surface area contributed by atoms with Crippen molar-refractivity contribution in [2.24, 2.45) is 0 Å². The molecule has 0 bridgehead atoms. The van der Waals surface area contributed by atoms with Crippen LogP contribution in [0.1, 0.15) is 23.4 Å². The van der Waals surface area contributed by atoms with Crippen molar-refractivity contribution in [1.82, 2.24) is 10.2 Å². The van der Waals surface area contributed by atoms with Crippen LogP contribution in [0.4, 0.5) is 0 Å². The molecule has 1 unspecified atom stereocenters. The molecule has 0 aliphatic heterocycles. The van der Waals surface area contributed by atoms with Gasteiger partial charge >= 0.3 is 0 Å². The first-order valence-electron chi connectivity index (χ1n) is 6.92. The van der Waals surface area contributed by atoms with Crippen molar-refractivity contribution in [2.75, 3.05) is 13.6 Å². The van der Waals surface area contributed by atoms with Crippen LogP contribution in [0.3, 0.4) is 0 Å². The van der Waals surface area contributed by atoms with E-state index in [-0.39, 0.29) is 11.9 Å². The molecule has 1 atom stereocenters. The summed E-state index contributed by atoms with van der Waals surface area (Å²) in [4.78, 5) is 14.9. The first kappa shape index (κ1) is 17.3. The molecule has 1 amide bonds. The number of benzene rings is 1. The van der Waals surface area contributed by atoms with Gasteiger partial charge in [-0.3, -0.25) is 4.79 Å². The van der Waals surface area contributed by atoms with E-state index in [1.807, 2.05) is 43.3 Å². The van der Waals surface area contributed by atoms with Crippen LogP contribution in [0.25, 0.3) is 0 Å². The molecule has 0 aliphatic rings. The van der Waals surface area contributed by atoms with Crippen LogP contribution in [0.2, 0.25) is 9.36 Å². The highest BCUT2D eigenvalue weighted by Crippen LogP contribution is 2.22. The normalized spacial score (nSPS) is 12.2. The predicted molar refractivity (Wildman–Crippen MR) is 93.7 cm³/mol. The van der Waals surface area contributed by atoms with Crippen LogP contribution in [-0.2, 0) is 11.3 Å². The minimum Gasteiger partial charge on any atom is -0.340 e. The van der Waals surface area contributed by atoms with E-state index in [2.05, 4.69) is 5.32 Å². The number of carbonyl (C=O) groups excluding carboxylic acids is 1. The molecule has 0 spiro atoms. The van der Waals surface area contributed by atoms with Gasteiger partial charge in [0.2, 0.25) is 5.91 Å². The van der Waals surface area contributed by atoms with E-state index < -0.39 is 0 Å². The summed E-state index contributed by atoms with van der Waals surface area (Å²) >= 11 is 13.3. The van der Waals surface area contributed by atoms with Crippen LogP contribution < -0.4 is 5.32 Å². The number of hydrogen-bond donors (Lipinski definition) is 1. The van der Waals surface area contributed by atoms with Crippen LogP contribution >= 0.6 is 34.5 Å². The van der Waals surface area contributed by atoms with E-state index in [0.717, 1.165) is 14.8 Å². The third-order valence-corrected chi connectivity index (χ3v) is 4.84. The Morgan fingerprint density at radius 3 is 2.50 bits per heavy atom. The van der Waals surface area contributed by atoms with Gasteiger partial charge in [-0.2, -0.15) is 0 Å². The molecule has 1 aromatic heterocycles. The van der Waals surface area contributed by atoms with E-state index in [9.17, 15) is 4.79 Å². The minimum atomic E-state index is 0.0466. The number of halogens is 2. The fraction of sp³-hybridized carbons (Fsp3) is 0.312. The first-order valence-corrected chi connectivity index (χ1v) is 8.50. The summed E-state index contributed by atoms with van der Waals surface area (Å²) in [5, 5.41) is 3.94. The van der Waals surface area contributed by atoms with Gasteiger partial charge in [0.15, 0.2) is 0 Å². The van der Waals surface area contributed by atoms with Crippen molar-refractivity contribution in [3.8, 4) is 0 Å². The average Bonchev–Trinajstić information content (AvgIpc) is 2.90. The smallest absolute Gasteiger partial charge is 0.236 e. The van der Waals surface area contributed by atoms with Gasteiger partial charge in [-0.15, -0.1) is 11.3 Å². The third-order valence-electron chi connectivity index (χ3n) is 3.38. The molecule has 0 saturated carbocycles. The van der Waals surface area contributed by atoms with Crippen LogP contribution in [0, 0.1) is 0 Å². The Bertz CT molecular complexity index is 627. The van der Waals surface area contributed by atoms with Gasteiger partial charge < -0.3 is 10.2 Å². The van der Waals surface area contributed by atoms with Gasteiger partial charge in [-0.25, -0.2) is 0 Å². The maximum Gasteiger partial charge on any atom is 0.236 e. The van der Waals surface area contributed by atoms with Gasteiger partial charge in [0.05, 0.1) is 17.4 Å². The lowest BCUT2D eigenvalue weighted by Crippen LogP contribution is -2.36. The van der Waals surface area contributed by atoms with E-state index in [1.165, 1.54) is 11.3 Å². The molecule has 6 heteroatoms. The van der Waals surface area contributed by atoms with E-state index in [0.29, 0.717) is 18.1 Å². The van der Waals surface area contributed by atoms with Gasteiger partial charge in [0.1, 0.15) is 0 Å². The van der Waals surface area contributed by atoms with E-state index in [4.69, 9.17) is 23.2 Å². The summed E-state index contributed by atoms with van der Waals surface area (Å²) in [5.74, 6) is 0.0466. The highest BCUT2D eigenvalue weighted by atomic mass is 35.5. The molecule has 1 N–H and O–H groups in total. The van der Waals surface area contributed by atoms with Crippen molar-refractivity contribution in [2.45, 2.75) is 19.5 Å². The second-order valence-corrected chi connectivity index (χ2v) is 7.35. The Labute approximate surface area is 144 Å². The number of likely N-dealkylation sites (N-methyl/N-ethyl adjacent to an activating group) is 1. The fourth-order valence-electron chi connectivity index (χ4n) is 2.00. The highest BCUT2D eigenvalue weighted by molar-refractivity contribution is 7.16. The Morgan fingerprint density at radius 2 is 1.91 bits per heavy atom. The summed E-state index contributed by atoms with van der Waals surface area (Å²) < 4.78 is 0.741. The zero-order valence-corrected chi connectivity index (χ0v) is 14.8. The van der Waals surface area contributed by atoms with E-state index in [1.54, 1.807) is 11.9 Å². The second-order valence-electron chi connectivity index (χ2n) is 5.11. The number of nitrogens with zero attached hydrogens (tertiary/aromatic N) is 1. The molecule has 1 heterocycles. The number of carbonyl (C=O) groups is 1. The van der Waals surface area contributed by atoms with Crippen molar-refractivity contribution in [1.29, 1.82) is 0 Å². The molecule has 2 aromatic rings. The summed E-state index contributed by atoms with van der Waals surface area (Å²) in [6, 6.07) is 11.5. The molecule has 22 heavy (non-hydrogen) atoms. The third kappa shape index (κ3) is 4.99. The lowest BCUT2D eigenvalue weighted by atomic mass is 10.1. The van der Waals surface area contributed by atoms with Crippen molar-refractivity contribution in [3.63, 3.8) is 0 Å². The van der Waals surface area contributed by atoms with Gasteiger partial charge in [0, 0.05) is 23.0 Å². The molecule has 0 radical (unpaired) electrons. The van der Waals surface area contributed by atoms with Gasteiger partial charge in [-0.1, -0.05) is 35.3 Å². The Kier molecular flexibility index (Phi) is 6.26. The van der Waals surface area contributed by atoms with Gasteiger partial charge in [-0.05, 0) is 36.8 Å².